The fourth-order valence-electron chi connectivity index (χ4n) is 4.66. The molecular formula is C28H31NO4. The van der Waals surface area contributed by atoms with Crippen molar-refractivity contribution >= 4 is 5.97 Å². The Labute approximate surface area is 195 Å². The maximum atomic E-state index is 11.8. The molecule has 0 spiro atoms. The zero-order valence-electron chi connectivity index (χ0n) is 19.6. The van der Waals surface area contributed by atoms with Crippen LogP contribution < -0.4 is 4.74 Å². The normalized spacial score (nSPS) is 15.8. The molecule has 2 aromatic carbocycles. The Morgan fingerprint density at radius 3 is 2.70 bits per heavy atom. The molecule has 1 aliphatic carbocycles. The van der Waals surface area contributed by atoms with Crippen LogP contribution in [0.3, 0.4) is 0 Å². The SMILES string of the molecule is C=C(C)CC(C(=O)O)C1CCc2cc(OCCc3nc(-c4ccc(C)cc4)oc3C)ccc21. The van der Waals surface area contributed by atoms with Crippen LogP contribution in [0.15, 0.2) is 59.0 Å². The first kappa shape index (κ1) is 22.8. The fraction of sp³-hybridized carbons (Fsp3) is 0.357. The number of fused-ring (bicyclic) bond motifs is 1. The maximum absolute atomic E-state index is 11.8. The number of aryl methyl sites for hydroxylation is 3. The summed E-state index contributed by atoms with van der Waals surface area (Å²) in [4.78, 5) is 16.5. The number of allylic oxidation sites excluding steroid dienone is 1. The molecule has 0 amide bonds. The van der Waals surface area contributed by atoms with E-state index in [2.05, 4.69) is 24.6 Å². The first-order valence-electron chi connectivity index (χ1n) is 11.5. The zero-order valence-corrected chi connectivity index (χ0v) is 19.6. The van der Waals surface area contributed by atoms with Crippen LogP contribution in [0.4, 0.5) is 0 Å². The van der Waals surface area contributed by atoms with Gasteiger partial charge in [0.25, 0.3) is 0 Å². The van der Waals surface area contributed by atoms with E-state index in [1.165, 1.54) is 11.1 Å². The quantitative estimate of drug-likeness (QED) is 0.393. The molecule has 0 saturated carbocycles. The number of carboxylic acid groups (broad SMARTS) is 1. The average molecular weight is 446 g/mol. The van der Waals surface area contributed by atoms with Crippen LogP contribution >= 0.6 is 0 Å². The highest BCUT2D eigenvalue weighted by Gasteiger charge is 2.34. The van der Waals surface area contributed by atoms with Crippen LogP contribution in [-0.4, -0.2) is 22.7 Å². The standard InChI is InChI=1S/C28H31NO4/c1-17(2)15-25(28(30)31)24-11-9-21-16-22(10-12-23(21)24)32-14-13-26-19(4)33-27(29-26)20-7-5-18(3)6-8-20/h5-8,10,12,16,24-25H,1,9,11,13-15H2,2-4H3,(H,30,31). The van der Waals surface area contributed by atoms with E-state index in [9.17, 15) is 9.90 Å². The number of hydrogen-bond acceptors (Lipinski definition) is 4. The molecule has 3 aromatic rings. The third-order valence-electron chi connectivity index (χ3n) is 6.41. The van der Waals surface area contributed by atoms with Gasteiger partial charge in [-0.2, -0.15) is 0 Å². The molecule has 1 heterocycles. The number of ether oxygens (including phenoxy) is 1. The Balaban J connectivity index is 1.39. The van der Waals surface area contributed by atoms with Crippen LogP contribution in [0.1, 0.15) is 53.8 Å². The topological polar surface area (TPSA) is 72.6 Å². The molecule has 0 radical (unpaired) electrons. The minimum absolute atomic E-state index is 0.0289. The molecule has 1 aromatic heterocycles. The van der Waals surface area contributed by atoms with Gasteiger partial charge in [-0.05, 0) is 81.3 Å². The van der Waals surface area contributed by atoms with E-state index in [0.717, 1.165) is 46.7 Å². The summed E-state index contributed by atoms with van der Waals surface area (Å²) in [5.74, 6) is 1.11. The Bertz CT molecular complexity index is 1160. The fourth-order valence-corrected chi connectivity index (χ4v) is 4.66. The van der Waals surface area contributed by atoms with Crippen LogP contribution in [0.2, 0.25) is 0 Å². The number of nitrogens with zero attached hydrogens (tertiary/aromatic N) is 1. The third-order valence-corrected chi connectivity index (χ3v) is 6.41. The Kier molecular flexibility index (Phi) is 6.68. The number of hydrogen-bond donors (Lipinski definition) is 1. The van der Waals surface area contributed by atoms with Crippen LogP contribution in [0, 0.1) is 19.8 Å². The second kappa shape index (κ2) is 9.65. The Hall–Kier alpha value is -3.34. The monoisotopic (exact) mass is 445 g/mol. The van der Waals surface area contributed by atoms with E-state index in [0.29, 0.717) is 25.3 Å². The summed E-state index contributed by atoms with van der Waals surface area (Å²) >= 11 is 0. The molecule has 2 unspecified atom stereocenters. The minimum atomic E-state index is -0.746. The molecule has 5 heteroatoms. The molecule has 1 N–H and O–H groups in total. The van der Waals surface area contributed by atoms with E-state index in [-0.39, 0.29) is 5.92 Å². The smallest absolute Gasteiger partial charge is 0.307 e. The Morgan fingerprint density at radius 1 is 1.24 bits per heavy atom. The zero-order chi connectivity index (χ0) is 23.5. The lowest BCUT2D eigenvalue weighted by atomic mass is 9.83. The summed E-state index contributed by atoms with van der Waals surface area (Å²) in [6.07, 6.45) is 2.89. The lowest BCUT2D eigenvalue weighted by Crippen LogP contribution is -2.21. The molecule has 172 valence electrons. The summed E-state index contributed by atoms with van der Waals surface area (Å²) in [5, 5.41) is 9.72. The van der Waals surface area contributed by atoms with Gasteiger partial charge in [0.2, 0.25) is 5.89 Å². The first-order chi connectivity index (χ1) is 15.8. The highest BCUT2D eigenvalue weighted by atomic mass is 16.5. The molecular weight excluding hydrogens is 414 g/mol. The van der Waals surface area contributed by atoms with Gasteiger partial charge >= 0.3 is 5.97 Å². The van der Waals surface area contributed by atoms with Crippen molar-refractivity contribution in [2.75, 3.05) is 6.61 Å². The third kappa shape index (κ3) is 5.19. The highest BCUT2D eigenvalue weighted by Crippen LogP contribution is 2.42. The van der Waals surface area contributed by atoms with E-state index >= 15 is 0 Å². The summed E-state index contributed by atoms with van der Waals surface area (Å²) in [6.45, 7) is 10.3. The molecule has 1 aliphatic rings. The van der Waals surface area contributed by atoms with Gasteiger partial charge < -0.3 is 14.3 Å². The predicted molar refractivity (Wildman–Crippen MR) is 129 cm³/mol. The molecule has 2 atom stereocenters. The van der Waals surface area contributed by atoms with Crippen molar-refractivity contribution in [3.05, 3.63) is 82.8 Å². The van der Waals surface area contributed by atoms with Crippen LogP contribution in [0.5, 0.6) is 5.75 Å². The van der Waals surface area contributed by atoms with Crippen molar-refractivity contribution in [1.82, 2.24) is 4.98 Å². The number of carboxylic acids is 1. The van der Waals surface area contributed by atoms with Gasteiger partial charge in [0.15, 0.2) is 0 Å². The van der Waals surface area contributed by atoms with E-state index in [1.54, 1.807) is 0 Å². The van der Waals surface area contributed by atoms with Gasteiger partial charge in [-0.15, -0.1) is 6.58 Å². The second-order valence-electron chi connectivity index (χ2n) is 9.10. The molecule has 4 rings (SSSR count). The molecule has 5 nitrogen and oxygen atoms in total. The van der Waals surface area contributed by atoms with E-state index in [1.807, 2.05) is 50.2 Å². The van der Waals surface area contributed by atoms with Crippen molar-refractivity contribution in [3.63, 3.8) is 0 Å². The lowest BCUT2D eigenvalue weighted by molar-refractivity contribution is -0.142. The summed E-state index contributed by atoms with van der Waals surface area (Å²) < 4.78 is 11.9. The molecule has 0 aliphatic heterocycles. The van der Waals surface area contributed by atoms with Crippen molar-refractivity contribution in [2.24, 2.45) is 5.92 Å². The number of aromatic nitrogens is 1. The van der Waals surface area contributed by atoms with Gasteiger partial charge in [0, 0.05) is 12.0 Å². The molecule has 0 bridgehead atoms. The number of benzene rings is 2. The summed E-state index contributed by atoms with van der Waals surface area (Å²) in [7, 11) is 0. The largest absolute Gasteiger partial charge is 0.493 e. The number of carbonyl (C=O) groups is 1. The van der Waals surface area contributed by atoms with Gasteiger partial charge in [-0.1, -0.05) is 29.3 Å². The van der Waals surface area contributed by atoms with Crippen molar-refractivity contribution < 1.29 is 19.1 Å². The van der Waals surface area contributed by atoms with Crippen LogP contribution in [-0.2, 0) is 17.6 Å². The number of rotatable bonds is 9. The summed E-state index contributed by atoms with van der Waals surface area (Å²) in [5.41, 5.74) is 6.29. The molecule has 0 saturated heterocycles. The van der Waals surface area contributed by atoms with Crippen molar-refractivity contribution in [1.29, 1.82) is 0 Å². The van der Waals surface area contributed by atoms with Gasteiger partial charge in [-0.3, -0.25) is 4.79 Å². The van der Waals surface area contributed by atoms with Crippen LogP contribution in [0.25, 0.3) is 11.5 Å². The second-order valence-corrected chi connectivity index (χ2v) is 9.10. The lowest BCUT2D eigenvalue weighted by Gasteiger charge is -2.21. The van der Waals surface area contributed by atoms with Crippen molar-refractivity contribution in [2.45, 2.75) is 52.4 Å². The highest BCUT2D eigenvalue weighted by molar-refractivity contribution is 5.72. The maximum Gasteiger partial charge on any atom is 0.307 e. The van der Waals surface area contributed by atoms with Gasteiger partial charge in [0.1, 0.15) is 11.5 Å². The van der Waals surface area contributed by atoms with E-state index < -0.39 is 11.9 Å². The predicted octanol–water partition coefficient (Wildman–Crippen LogP) is 6.28. The summed E-state index contributed by atoms with van der Waals surface area (Å²) in [6, 6.07) is 14.2. The molecule has 0 fully saturated rings. The first-order valence-corrected chi connectivity index (χ1v) is 11.5. The molecule has 33 heavy (non-hydrogen) atoms. The minimum Gasteiger partial charge on any atom is -0.493 e. The Morgan fingerprint density at radius 2 is 2.00 bits per heavy atom. The van der Waals surface area contributed by atoms with Gasteiger partial charge in [-0.25, -0.2) is 4.98 Å². The van der Waals surface area contributed by atoms with Crippen molar-refractivity contribution in [3.8, 4) is 17.2 Å². The van der Waals surface area contributed by atoms with Gasteiger partial charge in [0.05, 0.1) is 18.2 Å². The van der Waals surface area contributed by atoms with E-state index in [4.69, 9.17) is 9.15 Å². The number of oxazole rings is 1. The average Bonchev–Trinajstić information content (AvgIpc) is 3.35. The number of aliphatic carboxylic acids is 1.